The van der Waals surface area contributed by atoms with Gasteiger partial charge in [-0.3, -0.25) is 14.9 Å². The summed E-state index contributed by atoms with van der Waals surface area (Å²) >= 11 is 0. The first kappa shape index (κ1) is 16.3. The number of non-ortho nitro benzene ring substituents is 1. The zero-order valence-corrected chi connectivity index (χ0v) is 12.7. The quantitative estimate of drug-likeness (QED) is 0.653. The molecule has 2 aromatic carbocycles. The van der Waals surface area contributed by atoms with Crippen molar-refractivity contribution >= 4 is 17.3 Å². The molecule has 0 heterocycles. The van der Waals surface area contributed by atoms with Crippen LogP contribution in [0.1, 0.15) is 6.92 Å². The van der Waals surface area contributed by atoms with E-state index in [0.717, 1.165) is 0 Å². The Hall–Kier alpha value is -3.09. The van der Waals surface area contributed by atoms with E-state index in [2.05, 4.69) is 5.32 Å². The molecule has 0 bridgehead atoms. The van der Waals surface area contributed by atoms with Gasteiger partial charge in [0, 0.05) is 6.07 Å². The van der Waals surface area contributed by atoms with Gasteiger partial charge in [-0.1, -0.05) is 18.2 Å². The standard InChI is InChI=1S/C16H16N2O5/c1-11(23-13-7-5-6-12(10-13)18(20)21)16(19)17-14-8-3-4-9-15(14)22-2/h3-11H,1-2H3,(H,17,19)/t11-/m0/s1. The summed E-state index contributed by atoms with van der Waals surface area (Å²) in [5, 5.41) is 13.4. The van der Waals surface area contributed by atoms with E-state index in [1.807, 2.05) is 0 Å². The number of carbonyl (C=O) groups excluding carboxylic acids is 1. The summed E-state index contributed by atoms with van der Waals surface area (Å²) in [5.74, 6) is 0.395. The lowest BCUT2D eigenvalue weighted by molar-refractivity contribution is -0.384. The zero-order valence-electron chi connectivity index (χ0n) is 12.7. The van der Waals surface area contributed by atoms with Crippen molar-refractivity contribution < 1.29 is 19.2 Å². The smallest absolute Gasteiger partial charge is 0.273 e. The Morgan fingerprint density at radius 2 is 1.96 bits per heavy atom. The van der Waals surface area contributed by atoms with Crippen molar-refractivity contribution in [1.29, 1.82) is 0 Å². The molecule has 0 aromatic heterocycles. The van der Waals surface area contributed by atoms with Gasteiger partial charge in [-0.05, 0) is 25.1 Å². The normalized spacial score (nSPS) is 11.4. The zero-order chi connectivity index (χ0) is 16.8. The first-order valence-corrected chi connectivity index (χ1v) is 6.86. The van der Waals surface area contributed by atoms with Gasteiger partial charge < -0.3 is 14.8 Å². The summed E-state index contributed by atoms with van der Waals surface area (Å²) in [5.41, 5.74) is 0.425. The second-order valence-electron chi connectivity index (χ2n) is 4.70. The monoisotopic (exact) mass is 316 g/mol. The maximum absolute atomic E-state index is 12.2. The molecule has 0 saturated carbocycles. The highest BCUT2D eigenvalue weighted by Crippen LogP contribution is 2.24. The molecule has 7 nitrogen and oxygen atoms in total. The SMILES string of the molecule is COc1ccccc1NC(=O)[C@H](C)Oc1cccc([N+](=O)[O-])c1. The van der Waals surface area contributed by atoms with Gasteiger partial charge in [0.15, 0.2) is 6.10 Å². The third-order valence-corrected chi connectivity index (χ3v) is 3.08. The molecule has 1 N–H and O–H groups in total. The Labute approximate surface area is 133 Å². The Balaban J connectivity index is 2.05. The number of anilines is 1. The molecular weight excluding hydrogens is 300 g/mol. The number of nitrogens with zero attached hydrogens (tertiary/aromatic N) is 1. The molecule has 0 spiro atoms. The molecule has 1 atom stereocenters. The minimum atomic E-state index is -0.832. The number of methoxy groups -OCH3 is 1. The molecule has 0 aliphatic carbocycles. The van der Waals surface area contributed by atoms with Crippen molar-refractivity contribution in [2.75, 3.05) is 12.4 Å². The number of nitro benzene ring substituents is 1. The van der Waals surface area contributed by atoms with E-state index in [0.29, 0.717) is 11.4 Å². The van der Waals surface area contributed by atoms with Crippen molar-refractivity contribution in [2.45, 2.75) is 13.0 Å². The maximum atomic E-state index is 12.2. The molecule has 2 rings (SSSR count). The van der Waals surface area contributed by atoms with E-state index in [4.69, 9.17) is 9.47 Å². The highest BCUT2D eigenvalue weighted by molar-refractivity contribution is 5.95. The Bertz CT molecular complexity index is 717. The van der Waals surface area contributed by atoms with Crippen LogP contribution >= 0.6 is 0 Å². The molecule has 1 amide bonds. The van der Waals surface area contributed by atoms with E-state index in [1.165, 1.54) is 25.3 Å². The van der Waals surface area contributed by atoms with E-state index >= 15 is 0 Å². The van der Waals surface area contributed by atoms with Crippen LogP contribution in [-0.4, -0.2) is 24.0 Å². The molecule has 0 unspecified atom stereocenters. The fourth-order valence-electron chi connectivity index (χ4n) is 1.91. The second-order valence-corrected chi connectivity index (χ2v) is 4.70. The lowest BCUT2D eigenvalue weighted by Crippen LogP contribution is -2.30. The van der Waals surface area contributed by atoms with Crippen molar-refractivity contribution in [2.24, 2.45) is 0 Å². The summed E-state index contributed by atoms with van der Waals surface area (Å²) in [6.07, 6.45) is -0.832. The number of hydrogen-bond acceptors (Lipinski definition) is 5. The van der Waals surface area contributed by atoms with Crippen molar-refractivity contribution in [3.63, 3.8) is 0 Å². The molecule has 0 radical (unpaired) electrons. The largest absolute Gasteiger partial charge is 0.495 e. The van der Waals surface area contributed by atoms with Crippen molar-refractivity contribution in [3.8, 4) is 11.5 Å². The first-order valence-electron chi connectivity index (χ1n) is 6.86. The number of amides is 1. The van der Waals surface area contributed by atoms with Gasteiger partial charge in [0.25, 0.3) is 11.6 Å². The van der Waals surface area contributed by atoms with Crippen LogP contribution in [0.25, 0.3) is 0 Å². The number of hydrogen-bond donors (Lipinski definition) is 1. The highest BCUT2D eigenvalue weighted by atomic mass is 16.6. The van der Waals surface area contributed by atoms with Crippen LogP contribution in [0.4, 0.5) is 11.4 Å². The van der Waals surface area contributed by atoms with Gasteiger partial charge in [-0.2, -0.15) is 0 Å². The second kappa shape index (κ2) is 7.26. The van der Waals surface area contributed by atoms with Crippen LogP contribution in [0, 0.1) is 10.1 Å². The van der Waals surface area contributed by atoms with Gasteiger partial charge in [-0.15, -0.1) is 0 Å². The topological polar surface area (TPSA) is 90.7 Å². The Morgan fingerprint density at radius 3 is 2.65 bits per heavy atom. The minimum Gasteiger partial charge on any atom is -0.495 e. The molecule has 0 aliphatic rings. The number of rotatable bonds is 6. The van der Waals surface area contributed by atoms with Gasteiger partial charge in [0.05, 0.1) is 23.8 Å². The minimum absolute atomic E-state index is 0.0974. The van der Waals surface area contributed by atoms with Crippen LogP contribution in [0.5, 0.6) is 11.5 Å². The molecule has 120 valence electrons. The van der Waals surface area contributed by atoms with Crippen LogP contribution in [0.2, 0.25) is 0 Å². The van der Waals surface area contributed by atoms with E-state index in [1.54, 1.807) is 37.3 Å². The number of nitro groups is 1. The predicted octanol–water partition coefficient (Wildman–Crippen LogP) is 3.01. The first-order chi connectivity index (χ1) is 11.0. The van der Waals surface area contributed by atoms with Gasteiger partial charge in [-0.25, -0.2) is 0 Å². The third-order valence-electron chi connectivity index (χ3n) is 3.08. The summed E-state index contributed by atoms with van der Waals surface area (Å²) in [7, 11) is 1.51. The van der Waals surface area contributed by atoms with E-state index in [-0.39, 0.29) is 17.3 Å². The van der Waals surface area contributed by atoms with Gasteiger partial charge in [0.1, 0.15) is 11.5 Å². The number of para-hydroxylation sites is 2. The lowest BCUT2D eigenvalue weighted by Gasteiger charge is -2.16. The molecule has 0 fully saturated rings. The van der Waals surface area contributed by atoms with Crippen LogP contribution < -0.4 is 14.8 Å². The number of nitrogens with one attached hydrogen (secondary N) is 1. The van der Waals surface area contributed by atoms with Crippen LogP contribution in [-0.2, 0) is 4.79 Å². The van der Waals surface area contributed by atoms with Crippen LogP contribution in [0.15, 0.2) is 48.5 Å². The molecule has 0 saturated heterocycles. The van der Waals surface area contributed by atoms with Gasteiger partial charge in [0.2, 0.25) is 0 Å². The molecule has 7 heteroatoms. The van der Waals surface area contributed by atoms with Crippen molar-refractivity contribution in [3.05, 3.63) is 58.6 Å². The average Bonchev–Trinajstić information content (AvgIpc) is 2.55. The van der Waals surface area contributed by atoms with Crippen LogP contribution in [0.3, 0.4) is 0 Å². The van der Waals surface area contributed by atoms with E-state index in [9.17, 15) is 14.9 Å². The maximum Gasteiger partial charge on any atom is 0.273 e. The Morgan fingerprint density at radius 1 is 1.22 bits per heavy atom. The molecule has 23 heavy (non-hydrogen) atoms. The predicted molar refractivity (Wildman–Crippen MR) is 84.8 cm³/mol. The highest BCUT2D eigenvalue weighted by Gasteiger charge is 2.17. The summed E-state index contributed by atoms with van der Waals surface area (Å²) in [6, 6.07) is 12.7. The number of benzene rings is 2. The van der Waals surface area contributed by atoms with Crippen molar-refractivity contribution in [1.82, 2.24) is 0 Å². The number of carbonyl (C=O) groups is 1. The third kappa shape index (κ3) is 4.19. The van der Waals surface area contributed by atoms with Gasteiger partial charge >= 0.3 is 0 Å². The molecule has 0 aliphatic heterocycles. The Kier molecular flexibility index (Phi) is 5.14. The molecular formula is C16H16N2O5. The van der Waals surface area contributed by atoms with E-state index < -0.39 is 11.0 Å². The number of ether oxygens (including phenoxy) is 2. The fourth-order valence-corrected chi connectivity index (χ4v) is 1.91. The summed E-state index contributed by atoms with van der Waals surface area (Å²) in [6.45, 7) is 1.56. The lowest BCUT2D eigenvalue weighted by atomic mass is 10.2. The summed E-state index contributed by atoms with van der Waals surface area (Å²) < 4.78 is 10.6. The molecule has 2 aromatic rings. The summed E-state index contributed by atoms with van der Waals surface area (Å²) in [4.78, 5) is 22.4. The average molecular weight is 316 g/mol. The fraction of sp³-hybridized carbons (Fsp3) is 0.188.